The van der Waals surface area contributed by atoms with Gasteiger partial charge in [-0.2, -0.15) is 0 Å². The molecule has 0 aliphatic heterocycles. The molecular weight excluding hydrogens is 148 g/mol. The number of rotatable bonds is 0. The quantitative estimate of drug-likeness (QED) is 0.500. The van der Waals surface area contributed by atoms with Gasteiger partial charge in [-0.25, -0.2) is 0 Å². The fraction of sp³-hybridized carbons (Fsp3) is 0.545. The molecule has 0 N–H and O–H groups in total. The zero-order valence-electron chi connectivity index (χ0n) is 7.25. The maximum absolute atomic E-state index is 11.5. The summed E-state index contributed by atoms with van der Waals surface area (Å²) in [5.41, 5.74) is 1.47. The molecule has 1 nitrogen and oxygen atoms in total. The summed E-state index contributed by atoms with van der Waals surface area (Å²) in [6.45, 7) is 0. The van der Waals surface area contributed by atoms with Gasteiger partial charge in [0.25, 0.3) is 0 Å². The monoisotopic (exact) mass is 162 g/mol. The van der Waals surface area contributed by atoms with Crippen LogP contribution in [0.4, 0.5) is 0 Å². The third-order valence-electron chi connectivity index (χ3n) is 2.78. The van der Waals surface area contributed by atoms with Crippen molar-refractivity contribution in [2.75, 3.05) is 0 Å². The van der Waals surface area contributed by atoms with Gasteiger partial charge in [0.1, 0.15) is 5.78 Å². The van der Waals surface area contributed by atoms with Crippen LogP contribution in [0.2, 0.25) is 0 Å². The van der Waals surface area contributed by atoms with Crippen LogP contribution in [0.1, 0.15) is 32.1 Å². The predicted octanol–water partition coefficient (Wildman–Crippen LogP) is 2.63. The van der Waals surface area contributed by atoms with Crippen LogP contribution < -0.4 is 0 Å². The van der Waals surface area contributed by atoms with Crippen molar-refractivity contribution in [2.45, 2.75) is 32.1 Å². The Morgan fingerprint density at radius 2 is 2.08 bits per heavy atom. The van der Waals surface area contributed by atoms with Crippen LogP contribution in [-0.4, -0.2) is 5.78 Å². The van der Waals surface area contributed by atoms with E-state index in [9.17, 15) is 4.79 Å². The molecule has 1 unspecified atom stereocenters. The van der Waals surface area contributed by atoms with Crippen LogP contribution in [0, 0.1) is 5.92 Å². The van der Waals surface area contributed by atoms with E-state index in [1.807, 2.05) is 6.08 Å². The van der Waals surface area contributed by atoms with Crippen molar-refractivity contribution in [2.24, 2.45) is 5.92 Å². The molecule has 0 radical (unpaired) electrons. The van der Waals surface area contributed by atoms with Crippen LogP contribution in [0.15, 0.2) is 23.8 Å². The highest BCUT2D eigenvalue weighted by Gasteiger charge is 2.21. The fourth-order valence-corrected chi connectivity index (χ4v) is 2.03. The molecule has 0 aromatic heterocycles. The standard InChI is InChI=1S/C11H14O/c12-11-7-2-1-4-9-5-3-6-10(11)8-9/h1-2,5,10H,3-4,6-8H2/b2-1-. The maximum Gasteiger partial charge on any atom is 0.140 e. The summed E-state index contributed by atoms with van der Waals surface area (Å²) in [4.78, 5) is 11.5. The fourth-order valence-electron chi connectivity index (χ4n) is 2.03. The topological polar surface area (TPSA) is 17.1 Å². The van der Waals surface area contributed by atoms with Gasteiger partial charge in [0, 0.05) is 12.3 Å². The summed E-state index contributed by atoms with van der Waals surface area (Å²) in [5.74, 6) is 0.784. The van der Waals surface area contributed by atoms with E-state index in [1.165, 1.54) is 5.57 Å². The Hall–Kier alpha value is -0.850. The van der Waals surface area contributed by atoms with Gasteiger partial charge >= 0.3 is 0 Å². The molecule has 1 heteroatoms. The molecule has 1 atom stereocenters. The Labute approximate surface area is 73.2 Å². The van der Waals surface area contributed by atoms with E-state index in [2.05, 4.69) is 12.2 Å². The van der Waals surface area contributed by atoms with Gasteiger partial charge in [-0.1, -0.05) is 23.8 Å². The smallest absolute Gasteiger partial charge is 0.140 e. The van der Waals surface area contributed by atoms with E-state index in [0.29, 0.717) is 18.1 Å². The first-order chi connectivity index (χ1) is 5.86. The first kappa shape index (κ1) is 7.78. The Kier molecular flexibility index (Phi) is 2.11. The van der Waals surface area contributed by atoms with Crippen molar-refractivity contribution in [1.29, 1.82) is 0 Å². The minimum absolute atomic E-state index is 0.343. The number of hydrogen-bond acceptors (Lipinski definition) is 1. The first-order valence-corrected chi connectivity index (χ1v) is 4.72. The molecule has 12 heavy (non-hydrogen) atoms. The van der Waals surface area contributed by atoms with E-state index < -0.39 is 0 Å². The number of carbonyl (C=O) groups excluding carboxylic acids is 1. The summed E-state index contributed by atoms with van der Waals surface area (Å²) in [5, 5.41) is 0. The van der Waals surface area contributed by atoms with Crippen molar-refractivity contribution >= 4 is 5.78 Å². The molecule has 2 aliphatic rings. The summed E-state index contributed by atoms with van der Waals surface area (Å²) < 4.78 is 0. The minimum Gasteiger partial charge on any atom is -0.299 e. The number of allylic oxidation sites excluding steroid dienone is 4. The molecule has 2 bridgehead atoms. The molecule has 0 saturated carbocycles. The van der Waals surface area contributed by atoms with E-state index in [4.69, 9.17) is 0 Å². The Morgan fingerprint density at radius 1 is 1.25 bits per heavy atom. The van der Waals surface area contributed by atoms with Gasteiger partial charge in [-0.05, 0) is 25.7 Å². The lowest BCUT2D eigenvalue weighted by molar-refractivity contribution is -0.122. The largest absolute Gasteiger partial charge is 0.299 e. The lowest BCUT2D eigenvalue weighted by Gasteiger charge is -2.22. The molecule has 0 fully saturated rings. The van der Waals surface area contributed by atoms with Crippen molar-refractivity contribution in [3.63, 3.8) is 0 Å². The van der Waals surface area contributed by atoms with E-state index in [0.717, 1.165) is 25.7 Å². The average molecular weight is 162 g/mol. The molecule has 0 saturated heterocycles. The molecular formula is C11H14O. The van der Waals surface area contributed by atoms with Crippen LogP contribution >= 0.6 is 0 Å². The Balaban J connectivity index is 2.21. The van der Waals surface area contributed by atoms with E-state index in [-0.39, 0.29) is 0 Å². The van der Waals surface area contributed by atoms with Crippen LogP contribution in [0.3, 0.4) is 0 Å². The molecule has 0 aromatic carbocycles. The molecule has 64 valence electrons. The van der Waals surface area contributed by atoms with Gasteiger partial charge in [-0.3, -0.25) is 4.79 Å². The number of hydrogen-bond donors (Lipinski definition) is 0. The number of carbonyl (C=O) groups is 1. The molecule has 0 amide bonds. The van der Waals surface area contributed by atoms with Crippen LogP contribution in [0.5, 0.6) is 0 Å². The molecule has 2 aliphatic carbocycles. The average Bonchev–Trinajstić information content (AvgIpc) is 2.11. The Bertz CT molecular complexity index is 248. The van der Waals surface area contributed by atoms with Crippen molar-refractivity contribution in [3.05, 3.63) is 23.8 Å². The van der Waals surface area contributed by atoms with Crippen LogP contribution in [0.25, 0.3) is 0 Å². The molecule has 0 heterocycles. The number of Topliss-reactive ketones (excluding diaryl/α,β-unsaturated/α-hetero) is 1. The van der Waals surface area contributed by atoms with Gasteiger partial charge in [-0.15, -0.1) is 0 Å². The highest BCUT2D eigenvalue weighted by molar-refractivity contribution is 5.83. The predicted molar refractivity (Wildman–Crippen MR) is 48.8 cm³/mol. The minimum atomic E-state index is 0.343. The second-order valence-electron chi connectivity index (χ2n) is 3.69. The van der Waals surface area contributed by atoms with Crippen molar-refractivity contribution in [3.8, 4) is 0 Å². The second-order valence-corrected chi connectivity index (χ2v) is 3.69. The highest BCUT2D eigenvalue weighted by Crippen LogP contribution is 2.29. The van der Waals surface area contributed by atoms with Gasteiger partial charge in [0.2, 0.25) is 0 Å². The van der Waals surface area contributed by atoms with E-state index in [1.54, 1.807) is 0 Å². The number of fused-ring (bicyclic) bond motifs is 2. The SMILES string of the molecule is O=C1C/C=C\CC2=CCCC1C2. The lowest BCUT2D eigenvalue weighted by Crippen LogP contribution is -2.18. The molecule has 0 aromatic rings. The zero-order chi connectivity index (χ0) is 8.39. The molecule has 2 rings (SSSR count). The summed E-state index contributed by atoms with van der Waals surface area (Å²) >= 11 is 0. The van der Waals surface area contributed by atoms with Gasteiger partial charge < -0.3 is 0 Å². The van der Waals surface area contributed by atoms with Crippen molar-refractivity contribution in [1.82, 2.24) is 0 Å². The first-order valence-electron chi connectivity index (χ1n) is 4.72. The summed E-state index contributed by atoms with van der Waals surface area (Å²) in [7, 11) is 0. The van der Waals surface area contributed by atoms with E-state index >= 15 is 0 Å². The van der Waals surface area contributed by atoms with Gasteiger partial charge in [0.05, 0.1) is 0 Å². The van der Waals surface area contributed by atoms with Crippen molar-refractivity contribution < 1.29 is 4.79 Å². The van der Waals surface area contributed by atoms with Crippen LogP contribution in [-0.2, 0) is 4.79 Å². The second kappa shape index (κ2) is 3.26. The lowest BCUT2D eigenvalue weighted by atomic mass is 9.82. The normalized spacial score (nSPS) is 31.8. The zero-order valence-corrected chi connectivity index (χ0v) is 7.25. The maximum atomic E-state index is 11.5. The third-order valence-corrected chi connectivity index (χ3v) is 2.78. The Morgan fingerprint density at radius 3 is 3.00 bits per heavy atom. The molecule has 0 spiro atoms. The van der Waals surface area contributed by atoms with Gasteiger partial charge in [0.15, 0.2) is 0 Å². The highest BCUT2D eigenvalue weighted by atomic mass is 16.1. The number of ketones is 1. The summed E-state index contributed by atoms with van der Waals surface area (Å²) in [6, 6.07) is 0. The third kappa shape index (κ3) is 1.50. The summed E-state index contributed by atoms with van der Waals surface area (Å²) in [6.07, 6.45) is 11.4.